The summed E-state index contributed by atoms with van der Waals surface area (Å²) in [5.74, 6) is 1.00. The molecule has 2 saturated heterocycles. The normalized spacial score (nSPS) is 15.8. The Morgan fingerprint density at radius 1 is 0.925 bits per heavy atom. The van der Waals surface area contributed by atoms with Crippen LogP contribution in [0.2, 0.25) is 0 Å². The lowest BCUT2D eigenvalue weighted by atomic mass is 10.1. The second kappa shape index (κ2) is 13.0. The van der Waals surface area contributed by atoms with E-state index in [9.17, 15) is 9.59 Å². The zero-order valence-electron chi connectivity index (χ0n) is 22.4. The van der Waals surface area contributed by atoms with Crippen LogP contribution in [0.15, 0.2) is 48.8 Å². The number of aromatic nitrogens is 4. The molecule has 2 aliphatic rings. The van der Waals surface area contributed by atoms with Crippen molar-refractivity contribution in [1.29, 1.82) is 0 Å². The van der Waals surface area contributed by atoms with Gasteiger partial charge in [0.2, 0.25) is 5.95 Å². The number of hydrogen-bond acceptors (Lipinski definition) is 9. The van der Waals surface area contributed by atoms with Gasteiger partial charge in [0.25, 0.3) is 0 Å². The molecule has 4 heterocycles. The summed E-state index contributed by atoms with van der Waals surface area (Å²) >= 11 is 0. The molecule has 3 aromatic rings. The Bertz CT molecular complexity index is 1280. The van der Waals surface area contributed by atoms with Crippen molar-refractivity contribution < 1.29 is 19.1 Å². The van der Waals surface area contributed by atoms with Gasteiger partial charge in [0.15, 0.2) is 5.82 Å². The Balaban J connectivity index is 1.29. The van der Waals surface area contributed by atoms with Crippen LogP contribution in [-0.2, 0) is 4.74 Å². The van der Waals surface area contributed by atoms with Gasteiger partial charge in [0.1, 0.15) is 6.10 Å². The summed E-state index contributed by atoms with van der Waals surface area (Å²) < 4.78 is 11.7. The highest BCUT2D eigenvalue weighted by Gasteiger charge is 2.25. The van der Waals surface area contributed by atoms with E-state index in [2.05, 4.69) is 35.8 Å². The minimum atomic E-state index is -0.359. The molecule has 0 bridgehead atoms. The molecule has 0 aliphatic carbocycles. The molecule has 13 heteroatoms. The van der Waals surface area contributed by atoms with Crippen LogP contribution in [0.5, 0.6) is 6.01 Å². The summed E-state index contributed by atoms with van der Waals surface area (Å²) in [6.45, 7) is 6.25. The molecule has 2 aliphatic heterocycles. The maximum Gasteiger partial charge on any atom is 0.323 e. The van der Waals surface area contributed by atoms with Crippen LogP contribution in [-0.4, -0.2) is 88.9 Å². The van der Waals surface area contributed by atoms with E-state index in [4.69, 9.17) is 14.5 Å². The van der Waals surface area contributed by atoms with E-state index in [0.29, 0.717) is 81.9 Å². The van der Waals surface area contributed by atoms with Crippen molar-refractivity contribution in [3.63, 3.8) is 0 Å². The van der Waals surface area contributed by atoms with Gasteiger partial charge in [-0.05, 0) is 43.3 Å². The molecule has 13 nitrogen and oxygen atoms in total. The lowest BCUT2D eigenvalue weighted by molar-refractivity contribution is 0.103. The van der Waals surface area contributed by atoms with Gasteiger partial charge < -0.3 is 35.2 Å². The van der Waals surface area contributed by atoms with Crippen LogP contribution >= 0.6 is 0 Å². The number of piperidine rings is 1. The topological polar surface area (TPSA) is 147 Å². The Labute approximate surface area is 232 Å². The predicted molar refractivity (Wildman–Crippen MR) is 149 cm³/mol. The number of hydrogen-bond donors (Lipinski definition) is 3. The number of anilines is 3. The molecule has 5 rings (SSSR count). The number of benzene rings is 1. The highest BCUT2D eigenvalue weighted by molar-refractivity contribution is 5.99. The van der Waals surface area contributed by atoms with E-state index in [-0.39, 0.29) is 24.2 Å². The van der Waals surface area contributed by atoms with Crippen molar-refractivity contribution in [3.05, 3.63) is 48.8 Å². The van der Waals surface area contributed by atoms with Crippen LogP contribution in [0.1, 0.15) is 19.8 Å². The summed E-state index contributed by atoms with van der Waals surface area (Å²) in [6, 6.07) is 10.5. The fourth-order valence-electron chi connectivity index (χ4n) is 4.45. The molecule has 3 N–H and O–H groups in total. The summed E-state index contributed by atoms with van der Waals surface area (Å²) in [4.78, 5) is 46.3. The first-order chi connectivity index (χ1) is 19.6. The lowest BCUT2D eigenvalue weighted by Crippen LogP contribution is -2.46. The van der Waals surface area contributed by atoms with Crippen LogP contribution < -0.4 is 25.6 Å². The fourth-order valence-corrected chi connectivity index (χ4v) is 4.45. The SMILES string of the molecule is CCNC(=O)N1CCC(Oc2nc(-c3ccc(NC(=O)Nc4ccncc4)cc3)nc(N3CCOCC3)n2)CC1. The average Bonchev–Trinajstić information content (AvgIpc) is 2.99. The first-order valence-corrected chi connectivity index (χ1v) is 13.4. The van der Waals surface area contributed by atoms with Gasteiger partial charge in [-0.15, -0.1) is 0 Å². The Kier molecular flexibility index (Phi) is 8.81. The molecule has 210 valence electrons. The number of urea groups is 2. The number of nitrogens with zero attached hydrogens (tertiary/aromatic N) is 6. The molecule has 0 radical (unpaired) electrons. The highest BCUT2D eigenvalue weighted by atomic mass is 16.5. The molecule has 2 aromatic heterocycles. The van der Waals surface area contributed by atoms with E-state index in [1.165, 1.54) is 0 Å². The first kappa shape index (κ1) is 27.1. The molecular weight excluding hydrogens is 514 g/mol. The maximum atomic E-state index is 12.3. The van der Waals surface area contributed by atoms with Gasteiger partial charge in [0, 0.05) is 74.9 Å². The Hall–Kier alpha value is -4.52. The molecule has 2 fully saturated rings. The Morgan fingerprint density at radius 2 is 1.60 bits per heavy atom. The number of carbonyl (C=O) groups excluding carboxylic acids is 2. The average molecular weight is 548 g/mol. The zero-order valence-corrected chi connectivity index (χ0v) is 22.4. The van der Waals surface area contributed by atoms with E-state index in [1.807, 2.05) is 19.1 Å². The van der Waals surface area contributed by atoms with Crippen molar-refractivity contribution >= 4 is 29.4 Å². The third-order valence-electron chi connectivity index (χ3n) is 6.57. The standard InChI is InChI=1S/C27H33N9O4/c1-2-29-27(38)36-13-9-22(10-14-36)40-26-33-23(32-24(34-26)35-15-17-39-18-16-35)19-3-5-20(6-4-19)30-25(37)31-21-7-11-28-12-8-21/h3-8,11-12,22H,2,9-10,13-18H2,1H3,(H,29,38)(H2,28,30,31,37). The van der Waals surface area contributed by atoms with Gasteiger partial charge in [-0.3, -0.25) is 4.98 Å². The highest BCUT2D eigenvalue weighted by Crippen LogP contribution is 2.25. The number of nitrogens with one attached hydrogen (secondary N) is 3. The van der Waals surface area contributed by atoms with E-state index >= 15 is 0 Å². The van der Waals surface area contributed by atoms with Crippen LogP contribution in [0, 0.1) is 0 Å². The number of carbonyl (C=O) groups is 2. The maximum absolute atomic E-state index is 12.3. The van der Waals surface area contributed by atoms with Crippen LogP contribution in [0.4, 0.5) is 26.9 Å². The van der Waals surface area contributed by atoms with Gasteiger partial charge in [-0.25, -0.2) is 9.59 Å². The molecule has 0 unspecified atom stereocenters. The molecule has 4 amide bonds. The summed E-state index contributed by atoms with van der Waals surface area (Å²) in [7, 11) is 0. The van der Waals surface area contributed by atoms with E-state index in [1.54, 1.807) is 41.6 Å². The van der Waals surface area contributed by atoms with Gasteiger partial charge in [0.05, 0.1) is 13.2 Å². The number of morpholine rings is 1. The first-order valence-electron chi connectivity index (χ1n) is 13.4. The number of likely N-dealkylation sites (tertiary alicyclic amines) is 1. The molecule has 0 atom stereocenters. The molecule has 0 saturated carbocycles. The largest absolute Gasteiger partial charge is 0.460 e. The zero-order chi connectivity index (χ0) is 27.7. The third-order valence-corrected chi connectivity index (χ3v) is 6.57. The third kappa shape index (κ3) is 7.11. The summed E-state index contributed by atoms with van der Waals surface area (Å²) in [5, 5.41) is 8.42. The minimum Gasteiger partial charge on any atom is -0.460 e. The van der Waals surface area contributed by atoms with Gasteiger partial charge in [-0.1, -0.05) is 0 Å². The molecule has 40 heavy (non-hydrogen) atoms. The number of ether oxygens (including phenoxy) is 2. The van der Waals surface area contributed by atoms with E-state index < -0.39 is 0 Å². The molecule has 0 spiro atoms. The summed E-state index contributed by atoms with van der Waals surface area (Å²) in [6.07, 6.45) is 4.48. The second-order valence-electron chi connectivity index (χ2n) is 9.37. The van der Waals surface area contributed by atoms with Crippen LogP contribution in [0.3, 0.4) is 0 Å². The quantitative estimate of drug-likeness (QED) is 0.406. The Morgan fingerprint density at radius 3 is 2.27 bits per heavy atom. The smallest absolute Gasteiger partial charge is 0.323 e. The molecule has 1 aromatic carbocycles. The predicted octanol–water partition coefficient (Wildman–Crippen LogP) is 2.99. The lowest BCUT2D eigenvalue weighted by Gasteiger charge is -2.32. The van der Waals surface area contributed by atoms with Crippen molar-refractivity contribution in [3.8, 4) is 17.4 Å². The van der Waals surface area contributed by atoms with Crippen LogP contribution in [0.25, 0.3) is 11.4 Å². The number of amides is 4. The van der Waals surface area contributed by atoms with Gasteiger partial charge in [-0.2, -0.15) is 15.0 Å². The van der Waals surface area contributed by atoms with Crippen molar-refractivity contribution in [2.75, 3.05) is 61.5 Å². The van der Waals surface area contributed by atoms with E-state index in [0.717, 1.165) is 5.56 Å². The van der Waals surface area contributed by atoms with Crippen molar-refractivity contribution in [2.24, 2.45) is 0 Å². The molecular formula is C27H33N9O4. The van der Waals surface area contributed by atoms with Crippen molar-refractivity contribution in [2.45, 2.75) is 25.9 Å². The summed E-state index contributed by atoms with van der Waals surface area (Å²) in [5.41, 5.74) is 2.02. The number of rotatable bonds is 7. The van der Waals surface area contributed by atoms with Crippen molar-refractivity contribution in [1.82, 2.24) is 30.2 Å². The van der Waals surface area contributed by atoms with Gasteiger partial charge >= 0.3 is 18.1 Å². The monoisotopic (exact) mass is 547 g/mol. The second-order valence-corrected chi connectivity index (χ2v) is 9.37. The fraction of sp³-hybridized carbons (Fsp3) is 0.407. The number of pyridine rings is 1. The minimum absolute atomic E-state index is 0.0502.